The second-order valence-electron chi connectivity index (χ2n) is 5.70. The first-order valence-electron chi connectivity index (χ1n) is 6.98. The Morgan fingerprint density at radius 1 is 1.10 bits per heavy atom. The molecular formula is C17H19N3O. The lowest BCUT2D eigenvalue weighted by molar-refractivity contribution is -0.115. The molecule has 0 aromatic heterocycles. The van der Waals surface area contributed by atoms with Crippen LogP contribution in [0.2, 0.25) is 0 Å². The van der Waals surface area contributed by atoms with Crippen LogP contribution in [0.1, 0.15) is 16.7 Å². The molecular weight excluding hydrogens is 262 g/mol. The van der Waals surface area contributed by atoms with Crippen molar-refractivity contribution < 1.29 is 4.79 Å². The minimum absolute atomic E-state index is 0.0237. The van der Waals surface area contributed by atoms with Crippen molar-refractivity contribution >= 4 is 28.7 Å². The van der Waals surface area contributed by atoms with E-state index in [1.807, 2.05) is 19.2 Å². The van der Waals surface area contributed by atoms with E-state index in [2.05, 4.69) is 42.3 Å². The molecule has 0 atom stereocenters. The van der Waals surface area contributed by atoms with Gasteiger partial charge < -0.3 is 16.0 Å². The Labute approximate surface area is 124 Å². The first kappa shape index (κ1) is 13.5. The number of nitrogen functional groups attached to an aromatic ring is 1. The van der Waals surface area contributed by atoms with Crippen LogP contribution in [0.25, 0.3) is 0 Å². The third kappa shape index (κ3) is 2.44. The third-order valence-electron chi connectivity index (χ3n) is 3.83. The van der Waals surface area contributed by atoms with Crippen molar-refractivity contribution in [3.05, 3.63) is 47.0 Å². The van der Waals surface area contributed by atoms with E-state index in [0.29, 0.717) is 12.1 Å². The Bertz CT molecular complexity index is 717. The summed E-state index contributed by atoms with van der Waals surface area (Å²) >= 11 is 0. The highest BCUT2D eigenvalue weighted by molar-refractivity contribution is 6.01. The molecule has 0 saturated carbocycles. The number of amides is 1. The molecule has 1 heterocycles. The van der Waals surface area contributed by atoms with Gasteiger partial charge >= 0.3 is 0 Å². The maximum absolute atomic E-state index is 11.5. The van der Waals surface area contributed by atoms with Crippen molar-refractivity contribution in [3.8, 4) is 0 Å². The summed E-state index contributed by atoms with van der Waals surface area (Å²) in [4.78, 5) is 13.5. The minimum atomic E-state index is 0.0237. The molecule has 21 heavy (non-hydrogen) atoms. The number of aryl methyl sites for hydroxylation is 2. The summed E-state index contributed by atoms with van der Waals surface area (Å²) in [5, 5.41) is 2.87. The van der Waals surface area contributed by atoms with Crippen LogP contribution in [-0.2, 0) is 11.2 Å². The van der Waals surface area contributed by atoms with E-state index in [1.165, 1.54) is 11.1 Å². The van der Waals surface area contributed by atoms with Crippen molar-refractivity contribution in [2.24, 2.45) is 0 Å². The highest BCUT2D eigenvalue weighted by Gasteiger charge is 2.20. The summed E-state index contributed by atoms with van der Waals surface area (Å²) < 4.78 is 0. The predicted molar refractivity (Wildman–Crippen MR) is 87.2 cm³/mol. The molecule has 0 bridgehead atoms. The Morgan fingerprint density at radius 2 is 1.76 bits per heavy atom. The number of benzene rings is 2. The zero-order chi connectivity index (χ0) is 15.1. The number of hydrogen-bond acceptors (Lipinski definition) is 3. The number of carbonyl (C=O) groups excluding carboxylic acids is 1. The number of hydrogen-bond donors (Lipinski definition) is 2. The monoisotopic (exact) mass is 281 g/mol. The summed E-state index contributed by atoms with van der Waals surface area (Å²) in [5.41, 5.74) is 13.1. The molecule has 0 aliphatic carbocycles. The molecule has 4 heteroatoms. The number of nitrogens with one attached hydrogen (secondary N) is 1. The van der Waals surface area contributed by atoms with Gasteiger partial charge in [-0.05, 0) is 54.8 Å². The van der Waals surface area contributed by atoms with Crippen LogP contribution < -0.4 is 16.0 Å². The first-order valence-corrected chi connectivity index (χ1v) is 6.98. The molecule has 1 amide bonds. The van der Waals surface area contributed by atoms with Gasteiger partial charge in [0.25, 0.3) is 0 Å². The fourth-order valence-corrected chi connectivity index (χ4v) is 2.86. The number of rotatable bonds is 2. The zero-order valence-electron chi connectivity index (χ0n) is 12.5. The van der Waals surface area contributed by atoms with E-state index < -0.39 is 0 Å². The minimum Gasteiger partial charge on any atom is -0.397 e. The maximum atomic E-state index is 11.5. The summed E-state index contributed by atoms with van der Waals surface area (Å²) in [5.74, 6) is 0.0237. The van der Waals surface area contributed by atoms with Crippen molar-refractivity contribution in [3.63, 3.8) is 0 Å². The first-order chi connectivity index (χ1) is 9.94. The van der Waals surface area contributed by atoms with Gasteiger partial charge in [0.2, 0.25) is 5.91 Å². The van der Waals surface area contributed by atoms with Crippen molar-refractivity contribution in [2.45, 2.75) is 20.3 Å². The molecule has 4 nitrogen and oxygen atoms in total. The predicted octanol–water partition coefficient (Wildman–Crippen LogP) is 3.15. The number of fused-ring (bicyclic) bond motifs is 1. The molecule has 0 unspecified atom stereocenters. The van der Waals surface area contributed by atoms with Crippen LogP contribution in [0.3, 0.4) is 0 Å². The Balaban J connectivity index is 2.04. The molecule has 3 rings (SSSR count). The van der Waals surface area contributed by atoms with Gasteiger partial charge in [-0.2, -0.15) is 0 Å². The molecule has 0 saturated heterocycles. The third-order valence-corrected chi connectivity index (χ3v) is 3.83. The smallest absolute Gasteiger partial charge is 0.228 e. The van der Waals surface area contributed by atoms with Crippen molar-refractivity contribution in [2.75, 3.05) is 23.0 Å². The second-order valence-corrected chi connectivity index (χ2v) is 5.70. The largest absolute Gasteiger partial charge is 0.397 e. The van der Waals surface area contributed by atoms with Gasteiger partial charge in [0.05, 0.1) is 17.8 Å². The van der Waals surface area contributed by atoms with Crippen LogP contribution in [0.15, 0.2) is 30.3 Å². The Morgan fingerprint density at radius 3 is 2.43 bits per heavy atom. The number of carbonyl (C=O) groups is 1. The highest BCUT2D eigenvalue weighted by atomic mass is 16.1. The quantitative estimate of drug-likeness (QED) is 0.831. The maximum Gasteiger partial charge on any atom is 0.228 e. The Hall–Kier alpha value is -2.49. The molecule has 108 valence electrons. The zero-order valence-corrected chi connectivity index (χ0v) is 12.5. The average Bonchev–Trinajstić information content (AvgIpc) is 2.75. The van der Waals surface area contributed by atoms with Gasteiger partial charge in [0, 0.05) is 18.4 Å². The molecule has 0 spiro atoms. The lowest BCUT2D eigenvalue weighted by Crippen LogP contribution is -2.12. The number of nitrogens with zero attached hydrogens (tertiary/aromatic N) is 1. The second kappa shape index (κ2) is 4.81. The van der Waals surface area contributed by atoms with Gasteiger partial charge in [-0.25, -0.2) is 0 Å². The van der Waals surface area contributed by atoms with Crippen LogP contribution in [0.5, 0.6) is 0 Å². The highest BCUT2D eigenvalue weighted by Crippen LogP contribution is 2.36. The molecule has 2 aromatic carbocycles. The van der Waals surface area contributed by atoms with E-state index in [1.54, 1.807) is 0 Å². The van der Waals surface area contributed by atoms with Gasteiger partial charge in [0.15, 0.2) is 0 Å². The van der Waals surface area contributed by atoms with Crippen molar-refractivity contribution in [1.82, 2.24) is 0 Å². The normalized spacial score (nSPS) is 13.0. The molecule has 1 aliphatic rings. The molecule has 0 fully saturated rings. The topological polar surface area (TPSA) is 58.4 Å². The molecule has 2 aromatic rings. The van der Waals surface area contributed by atoms with E-state index in [0.717, 1.165) is 22.6 Å². The average molecular weight is 281 g/mol. The number of anilines is 4. The van der Waals surface area contributed by atoms with E-state index in [4.69, 9.17) is 5.73 Å². The fourth-order valence-electron chi connectivity index (χ4n) is 2.86. The lowest BCUT2D eigenvalue weighted by Gasteiger charge is -2.23. The molecule has 0 radical (unpaired) electrons. The fraction of sp³-hybridized carbons (Fsp3) is 0.235. The van der Waals surface area contributed by atoms with Crippen LogP contribution in [0.4, 0.5) is 22.7 Å². The van der Waals surface area contributed by atoms with Crippen LogP contribution in [0, 0.1) is 13.8 Å². The molecule has 1 aliphatic heterocycles. The SMILES string of the molecule is Cc1cc(C)cc(N(C)c2cc3c(cc2N)CC(=O)N3)c1. The summed E-state index contributed by atoms with van der Waals surface area (Å²) in [6, 6.07) is 10.2. The van der Waals surface area contributed by atoms with E-state index >= 15 is 0 Å². The Kier molecular flexibility index (Phi) is 3.09. The molecule has 3 N–H and O–H groups in total. The summed E-state index contributed by atoms with van der Waals surface area (Å²) in [7, 11) is 1.99. The standard InChI is InChI=1S/C17H19N3O/c1-10-4-11(2)6-13(5-10)20(3)16-9-15-12(7-14(16)18)8-17(21)19-15/h4-7,9H,8,18H2,1-3H3,(H,19,21). The van der Waals surface area contributed by atoms with E-state index in [-0.39, 0.29) is 5.91 Å². The van der Waals surface area contributed by atoms with Crippen molar-refractivity contribution in [1.29, 1.82) is 0 Å². The van der Waals surface area contributed by atoms with Gasteiger partial charge in [0.1, 0.15) is 0 Å². The van der Waals surface area contributed by atoms with Gasteiger partial charge in [-0.3, -0.25) is 4.79 Å². The van der Waals surface area contributed by atoms with Gasteiger partial charge in [-0.1, -0.05) is 6.07 Å². The summed E-state index contributed by atoms with van der Waals surface area (Å²) in [6.45, 7) is 4.16. The van der Waals surface area contributed by atoms with Crippen LogP contribution >= 0.6 is 0 Å². The summed E-state index contributed by atoms with van der Waals surface area (Å²) in [6.07, 6.45) is 0.410. The van der Waals surface area contributed by atoms with Crippen LogP contribution in [-0.4, -0.2) is 13.0 Å². The van der Waals surface area contributed by atoms with E-state index in [9.17, 15) is 4.79 Å². The number of nitrogens with two attached hydrogens (primary N) is 1. The lowest BCUT2D eigenvalue weighted by atomic mass is 10.1. The van der Waals surface area contributed by atoms with Gasteiger partial charge in [-0.15, -0.1) is 0 Å².